The van der Waals surface area contributed by atoms with Crippen molar-refractivity contribution in [3.8, 4) is 11.3 Å². The van der Waals surface area contributed by atoms with E-state index >= 15 is 0 Å². The Morgan fingerprint density at radius 2 is 1.72 bits per heavy atom. The largest absolute Gasteiger partial charge is 0.416 e. The van der Waals surface area contributed by atoms with Crippen molar-refractivity contribution in [1.29, 1.82) is 0 Å². The molecule has 9 heteroatoms. The van der Waals surface area contributed by atoms with Gasteiger partial charge in [-0.25, -0.2) is 15.0 Å². The Morgan fingerprint density at radius 1 is 1.00 bits per heavy atom. The second kappa shape index (κ2) is 7.65. The number of nitrogens with one attached hydrogen (secondary N) is 2. The summed E-state index contributed by atoms with van der Waals surface area (Å²) in [6, 6.07) is 7.25. The molecule has 2 N–H and O–H groups in total. The number of aromatic amines is 2. The van der Waals surface area contributed by atoms with Gasteiger partial charge in [-0.05, 0) is 44.9 Å². The van der Waals surface area contributed by atoms with Gasteiger partial charge in [0, 0.05) is 36.0 Å². The molecule has 1 aliphatic rings. The molecule has 5 rings (SSSR count). The number of imidazole rings is 1. The van der Waals surface area contributed by atoms with Gasteiger partial charge in [-0.15, -0.1) is 0 Å². The SMILES string of the molecule is Cc1cc2c(N3CCC(c4nc(-c5ccc(C(F)(F)F)cc5)c(C)[nH]4)CC3)ncnc2[nH]1. The number of hydrogen-bond acceptors (Lipinski definition) is 4. The number of rotatable bonds is 3. The third-order valence-electron chi connectivity index (χ3n) is 6.11. The van der Waals surface area contributed by atoms with Gasteiger partial charge in [0.2, 0.25) is 0 Å². The summed E-state index contributed by atoms with van der Waals surface area (Å²) < 4.78 is 38.6. The monoisotopic (exact) mass is 440 g/mol. The van der Waals surface area contributed by atoms with Gasteiger partial charge in [-0.1, -0.05) is 12.1 Å². The zero-order chi connectivity index (χ0) is 22.5. The van der Waals surface area contributed by atoms with Gasteiger partial charge in [0.15, 0.2) is 0 Å². The smallest absolute Gasteiger partial charge is 0.356 e. The molecule has 0 unspecified atom stereocenters. The van der Waals surface area contributed by atoms with Gasteiger partial charge in [0.25, 0.3) is 0 Å². The molecule has 0 radical (unpaired) electrons. The highest BCUT2D eigenvalue weighted by atomic mass is 19.4. The van der Waals surface area contributed by atoms with Crippen LogP contribution in [0.15, 0.2) is 36.7 Å². The fourth-order valence-corrected chi connectivity index (χ4v) is 4.45. The number of piperidine rings is 1. The Bertz CT molecular complexity index is 1250. The minimum atomic E-state index is -4.34. The van der Waals surface area contributed by atoms with Crippen LogP contribution in [0.5, 0.6) is 0 Å². The highest BCUT2D eigenvalue weighted by Gasteiger charge is 2.30. The number of alkyl halides is 3. The Balaban J connectivity index is 1.32. The summed E-state index contributed by atoms with van der Waals surface area (Å²) in [4.78, 5) is 22.5. The van der Waals surface area contributed by atoms with E-state index in [1.807, 2.05) is 13.8 Å². The first-order valence-corrected chi connectivity index (χ1v) is 10.6. The molecule has 1 aromatic carbocycles. The Hall–Kier alpha value is -3.36. The highest BCUT2D eigenvalue weighted by Crippen LogP contribution is 2.34. The number of nitrogens with zero attached hydrogens (tertiary/aromatic N) is 4. The van der Waals surface area contributed by atoms with Crippen LogP contribution in [0.2, 0.25) is 0 Å². The number of anilines is 1. The summed E-state index contributed by atoms with van der Waals surface area (Å²) in [7, 11) is 0. The van der Waals surface area contributed by atoms with Crippen molar-refractivity contribution in [2.75, 3.05) is 18.0 Å². The minimum Gasteiger partial charge on any atom is -0.356 e. The zero-order valence-electron chi connectivity index (χ0n) is 17.8. The van der Waals surface area contributed by atoms with Crippen LogP contribution in [0.1, 0.15) is 41.5 Å². The fourth-order valence-electron chi connectivity index (χ4n) is 4.45. The van der Waals surface area contributed by atoms with Crippen molar-refractivity contribution in [3.05, 3.63) is 59.4 Å². The van der Waals surface area contributed by atoms with E-state index in [9.17, 15) is 13.2 Å². The van der Waals surface area contributed by atoms with E-state index in [1.165, 1.54) is 12.1 Å². The molecule has 0 saturated carbocycles. The van der Waals surface area contributed by atoms with E-state index in [-0.39, 0.29) is 5.92 Å². The van der Waals surface area contributed by atoms with E-state index in [4.69, 9.17) is 4.98 Å². The van der Waals surface area contributed by atoms with Gasteiger partial charge in [-0.2, -0.15) is 13.2 Å². The van der Waals surface area contributed by atoms with Crippen LogP contribution < -0.4 is 4.90 Å². The van der Waals surface area contributed by atoms with E-state index in [1.54, 1.807) is 6.33 Å². The number of H-pyrrole nitrogens is 2. The molecule has 0 spiro atoms. The Labute approximate surface area is 182 Å². The summed E-state index contributed by atoms with van der Waals surface area (Å²) in [6.07, 6.45) is -0.929. The van der Waals surface area contributed by atoms with Crippen molar-refractivity contribution in [2.24, 2.45) is 0 Å². The first kappa shape index (κ1) is 20.5. The predicted octanol–water partition coefficient (Wildman–Crippen LogP) is 5.37. The molecule has 0 atom stereocenters. The lowest BCUT2D eigenvalue weighted by Gasteiger charge is -2.32. The molecule has 6 nitrogen and oxygen atoms in total. The highest BCUT2D eigenvalue weighted by molar-refractivity contribution is 5.88. The molecule has 0 amide bonds. The molecule has 32 heavy (non-hydrogen) atoms. The average Bonchev–Trinajstić information content (AvgIpc) is 3.35. The maximum absolute atomic E-state index is 12.9. The molecule has 4 aromatic rings. The third kappa shape index (κ3) is 3.72. The second-order valence-corrected chi connectivity index (χ2v) is 8.34. The van der Waals surface area contributed by atoms with Crippen LogP contribution in [0.3, 0.4) is 0 Å². The summed E-state index contributed by atoms with van der Waals surface area (Å²) >= 11 is 0. The normalized spacial score (nSPS) is 15.6. The van der Waals surface area contributed by atoms with Crippen LogP contribution >= 0.6 is 0 Å². The molecule has 166 valence electrons. The number of fused-ring (bicyclic) bond motifs is 1. The van der Waals surface area contributed by atoms with Crippen LogP contribution in [0.25, 0.3) is 22.3 Å². The Morgan fingerprint density at radius 3 is 2.41 bits per heavy atom. The van der Waals surface area contributed by atoms with Crippen molar-refractivity contribution in [1.82, 2.24) is 24.9 Å². The van der Waals surface area contributed by atoms with Crippen molar-refractivity contribution in [2.45, 2.75) is 38.8 Å². The molecule has 1 fully saturated rings. The molecule has 0 bridgehead atoms. The first-order chi connectivity index (χ1) is 15.3. The number of hydrogen-bond donors (Lipinski definition) is 2. The van der Waals surface area contributed by atoms with Gasteiger partial charge in [0.05, 0.1) is 16.6 Å². The lowest BCUT2D eigenvalue weighted by Crippen LogP contribution is -2.33. The summed E-state index contributed by atoms with van der Waals surface area (Å²) in [5, 5.41) is 1.03. The molecule has 0 aliphatic carbocycles. The van der Waals surface area contributed by atoms with Crippen molar-refractivity contribution >= 4 is 16.9 Å². The molecular weight excluding hydrogens is 417 g/mol. The maximum Gasteiger partial charge on any atom is 0.416 e. The maximum atomic E-state index is 12.9. The van der Waals surface area contributed by atoms with Crippen LogP contribution in [0, 0.1) is 13.8 Å². The van der Waals surface area contributed by atoms with Gasteiger partial charge >= 0.3 is 6.18 Å². The lowest BCUT2D eigenvalue weighted by molar-refractivity contribution is -0.137. The molecule has 3 aromatic heterocycles. The summed E-state index contributed by atoms with van der Waals surface area (Å²) in [5.74, 6) is 2.10. The average molecular weight is 440 g/mol. The first-order valence-electron chi connectivity index (χ1n) is 10.6. The zero-order valence-corrected chi connectivity index (χ0v) is 17.8. The minimum absolute atomic E-state index is 0.262. The summed E-state index contributed by atoms with van der Waals surface area (Å²) in [6.45, 7) is 5.60. The van der Waals surface area contributed by atoms with Crippen molar-refractivity contribution in [3.63, 3.8) is 0 Å². The van der Waals surface area contributed by atoms with Crippen LogP contribution in [-0.4, -0.2) is 38.0 Å². The summed E-state index contributed by atoms with van der Waals surface area (Å²) in [5.41, 5.74) is 3.50. The van der Waals surface area contributed by atoms with Gasteiger partial charge in [0.1, 0.15) is 23.6 Å². The predicted molar refractivity (Wildman–Crippen MR) is 117 cm³/mol. The van der Waals surface area contributed by atoms with Crippen molar-refractivity contribution < 1.29 is 13.2 Å². The molecule has 4 heterocycles. The van der Waals surface area contributed by atoms with Crippen LogP contribution in [-0.2, 0) is 6.18 Å². The van der Waals surface area contributed by atoms with E-state index < -0.39 is 11.7 Å². The standard InChI is InChI=1S/C23H23F3N6/c1-13-11-18-21(29-13)27-12-28-22(18)32-9-7-16(8-10-32)20-30-14(2)19(31-20)15-3-5-17(6-4-15)23(24,25)26/h3-6,11-12,16H,7-10H2,1-2H3,(H,30,31)(H,27,28,29). The number of halogens is 3. The molecule has 1 aliphatic heterocycles. The Kier molecular flexibility index (Phi) is 4.91. The number of benzene rings is 1. The molecule has 1 saturated heterocycles. The second-order valence-electron chi connectivity index (χ2n) is 8.34. The number of aryl methyl sites for hydroxylation is 2. The van der Waals surface area contributed by atoms with Gasteiger partial charge in [-0.3, -0.25) is 0 Å². The third-order valence-corrected chi connectivity index (χ3v) is 6.11. The van der Waals surface area contributed by atoms with E-state index in [0.29, 0.717) is 11.3 Å². The quantitative estimate of drug-likeness (QED) is 0.449. The topological polar surface area (TPSA) is 73.5 Å². The van der Waals surface area contributed by atoms with E-state index in [0.717, 1.165) is 72.1 Å². The van der Waals surface area contributed by atoms with Crippen LogP contribution in [0.4, 0.5) is 19.0 Å². The van der Waals surface area contributed by atoms with E-state index in [2.05, 4.69) is 30.9 Å². The lowest BCUT2D eigenvalue weighted by atomic mass is 9.96. The fraction of sp³-hybridized carbons (Fsp3) is 0.348. The number of aromatic nitrogens is 5. The molecular formula is C23H23F3N6. The van der Waals surface area contributed by atoms with Gasteiger partial charge < -0.3 is 14.9 Å².